The number of aliphatic hydroxyl groups excluding tert-OH is 1. The second kappa shape index (κ2) is 17.9. The number of likely N-dealkylation sites (tertiary alicyclic amines) is 2. The van der Waals surface area contributed by atoms with E-state index in [0.717, 1.165) is 57.6 Å². The molecule has 2 saturated heterocycles. The number of hydrogen-bond acceptors (Lipinski definition) is 5. The molecule has 5 heteroatoms. The molecular formula is C29H58N4O. The molecule has 0 aromatic carbocycles. The normalized spacial score (nSPS) is 25.1. The molecule has 0 spiro atoms. The van der Waals surface area contributed by atoms with E-state index in [2.05, 4.69) is 47.2 Å². The van der Waals surface area contributed by atoms with Crippen molar-refractivity contribution in [3.8, 4) is 0 Å². The second-order valence-corrected chi connectivity index (χ2v) is 11.5. The van der Waals surface area contributed by atoms with Gasteiger partial charge in [0.1, 0.15) is 0 Å². The lowest BCUT2D eigenvalue weighted by Crippen LogP contribution is -2.41. The molecule has 2 aliphatic heterocycles. The Morgan fingerprint density at radius 1 is 0.912 bits per heavy atom. The van der Waals surface area contributed by atoms with E-state index >= 15 is 0 Å². The summed E-state index contributed by atoms with van der Waals surface area (Å²) in [6.07, 6.45) is 15.2. The van der Waals surface area contributed by atoms with Crippen LogP contribution >= 0.6 is 0 Å². The van der Waals surface area contributed by atoms with Gasteiger partial charge in [0.05, 0.1) is 12.1 Å². The average Bonchev–Trinajstić information content (AvgIpc) is 3.17. The summed E-state index contributed by atoms with van der Waals surface area (Å²) >= 11 is 0. The van der Waals surface area contributed by atoms with Gasteiger partial charge in [-0.25, -0.2) is 0 Å². The largest absolute Gasteiger partial charge is 0.390 e. The zero-order chi connectivity index (χ0) is 24.6. The van der Waals surface area contributed by atoms with Gasteiger partial charge in [-0.3, -0.25) is 4.99 Å². The van der Waals surface area contributed by atoms with Crippen molar-refractivity contribution in [2.24, 2.45) is 16.8 Å². The zero-order valence-corrected chi connectivity index (χ0v) is 23.1. The van der Waals surface area contributed by atoms with Gasteiger partial charge in [0.15, 0.2) is 0 Å². The van der Waals surface area contributed by atoms with Gasteiger partial charge in [0, 0.05) is 19.6 Å². The lowest BCUT2D eigenvalue weighted by molar-refractivity contribution is 0.0737. The summed E-state index contributed by atoms with van der Waals surface area (Å²) in [5.74, 6) is 1.72. The van der Waals surface area contributed by atoms with E-state index < -0.39 is 0 Å². The number of nitrogens with zero attached hydrogens (tertiary/aromatic N) is 4. The zero-order valence-electron chi connectivity index (χ0n) is 23.1. The van der Waals surface area contributed by atoms with Gasteiger partial charge in [-0.2, -0.15) is 0 Å². The molecule has 4 unspecified atom stereocenters. The maximum Gasteiger partial charge on any atom is 0.0793 e. The quantitative estimate of drug-likeness (QED) is 0.305. The van der Waals surface area contributed by atoms with Gasteiger partial charge < -0.3 is 19.8 Å². The number of aliphatic hydroxyl groups is 1. The summed E-state index contributed by atoms with van der Waals surface area (Å²) in [4.78, 5) is 12.1. The fourth-order valence-corrected chi connectivity index (χ4v) is 6.03. The van der Waals surface area contributed by atoms with Crippen LogP contribution in [0.5, 0.6) is 0 Å². The molecule has 1 N–H and O–H groups in total. The number of hydrogen-bond donors (Lipinski definition) is 1. The Kier molecular flexibility index (Phi) is 15.6. The smallest absolute Gasteiger partial charge is 0.0793 e. The molecule has 0 aromatic rings. The fourth-order valence-electron chi connectivity index (χ4n) is 6.03. The van der Waals surface area contributed by atoms with Crippen molar-refractivity contribution in [2.75, 3.05) is 58.9 Å². The molecule has 2 aliphatic rings. The first kappa shape index (κ1) is 29.7. The summed E-state index contributed by atoms with van der Waals surface area (Å²) < 4.78 is 0. The molecule has 0 radical (unpaired) electrons. The van der Waals surface area contributed by atoms with Gasteiger partial charge in [0.2, 0.25) is 0 Å². The SMILES string of the molecule is C=NC(CCCC1CCCN(CC(O)CN(CCC)CCCC)CC1)CN1CCCC(C)CC1. The summed E-state index contributed by atoms with van der Waals surface area (Å²) in [6, 6.07) is 0.407. The first-order valence-electron chi connectivity index (χ1n) is 14.8. The maximum atomic E-state index is 10.7. The molecule has 34 heavy (non-hydrogen) atoms. The molecule has 200 valence electrons. The number of β-amino-alcohol motifs (C(OH)–C–C–N with tert-alkyl or cyclic N) is 1. The van der Waals surface area contributed by atoms with Gasteiger partial charge in [-0.05, 0) is 116 Å². The van der Waals surface area contributed by atoms with E-state index in [0.29, 0.717) is 6.04 Å². The molecule has 2 rings (SSSR count). The maximum absolute atomic E-state index is 10.7. The van der Waals surface area contributed by atoms with Crippen molar-refractivity contribution in [3.05, 3.63) is 0 Å². The van der Waals surface area contributed by atoms with Crippen LogP contribution < -0.4 is 0 Å². The van der Waals surface area contributed by atoms with Crippen LogP contribution in [0.15, 0.2) is 4.99 Å². The highest BCUT2D eigenvalue weighted by Crippen LogP contribution is 2.24. The van der Waals surface area contributed by atoms with Crippen molar-refractivity contribution < 1.29 is 5.11 Å². The van der Waals surface area contributed by atoms with Crippen LogP contribution in [0, 0.1) is 11.8 Å². The number of aliphatic imine (C=N–C) groups is 1. The minimum Gasteiger partial charge on any atom is -0.390 e. The minimum absolute atomic E-state index is 0.221. The number of rotatable bonds is 16. The Morgan fingerprint density at radius 2 is 1.65 bits per heavy atom. The monoisotopic (exact) mass is 478 g/mol. The Morgan fingerprint density at radius 3 is 2.38 bits per heavy atom. The third-order valence-corrected chi connectivity index (χ3v) is 8.23. The van der Waals surface area contributed by atoms with E-state index in [1.54, 1.807) is 0 Å². The van der Waals surface area contributed by atoms with Crippen LogP contribution in [0.1, 0.15) is 97.8 Å². The summed E-state index contributed by atoms with van der Waals surface area (Å²) in [5.41, 5.74) is 0. The van der Waals surface area contributed by atoms with E-state index in [-0.39, 0.29) is 6.10 Å². The molecular weight excluding hydrogens is 420 g/mol. The lowest BCUT2D eigenvalue weighted by atomic mass is 9.93. The van der Waals surface area contributed by atoms with Gasteiger partial charge in [-0.1, -0.05) is 40.0 Å². The molecule has 0 bridgehead atoms. The van der Waals surface area contributed by atoms with Gasteiger partial charge in [0.25, 0.3) is 0 Å². The summed E-state index contributed by atoms with van der Waals surface area (Å²) in [7, 11) is 0. The van der Waals surface area contributed by atoms with Crippen LogP contribution in [-0.4, -0.2) is 97.6 Å². The molecule has 2 fully saturated rings. The number of unbranched alkanes of at least 4 members (excludes halogenated alkanes) is 1. The van der Waals surface area contributed by atoms with E-state index in [4.69, 9.17) is 0 Å². The van der Waals surface area contributed by atoms with Gasteiger partial charge >= 0.3 is 0 Å². The molecule has 0 saturated carbocycles. The Bertz CT molecular complexity index is 516. The predicted octanol–water partition coefficient (Wildman–Crippen LogP) is 5.32. The Balaban J connectivity index is 1.65. The Hall–Kier alpha value is -0.490. The minimum atomic E-state index is -0.221. The standard InChI is InChI=1S/C29H58N4O/c1-5-7-18-31(17-6-2)24-29(34)25-33-20-10-13-27(16-22-33)12-8-14-28(30-4)23-32-19-9-11-26(3)15-21-32/h26-29,34H,4-25H2,1-3H3. The molecule has 0 amide bonds. The summed E-state index contributed by atoms with van der Waals surface area (Å²) in [5, 5.41) is 10.7. The third-order valence-electron chi connectivity index (χ3n) is 8.23. The molecule has 4 atom stereocenters. The molecule has 0 aromatic heterocycles. The summed E-state index contributed by atoms with van der Waals surface area (Å²) in [6.45, 7) is 20.6. The lowest BCUT2D eigenvalue weighted by Gasteiger charge is -2.28. The van der Waals surface area contributed by atoms with Crippen LogP contribution in [0.2, 0.25) is 0 Å². The molecule has 0 aliphatic carbocycles. The topological polar surface area (TPSA) is 42.3 Å². The molecule has 5 nitrogen and oxygen atoms in total. The van der Waals surface area contributed by atoms with Crippen LogP contribution in [0.3, 0.4) is 0 Å². The average molecular weight is 479 g/mol. The molecule has 2 heterocycles. The van der Waals surface area contributed by atoms with E-state index in [9.17, 15) is 5.11 Å². The van der Waals surface area contributed by atoms with Crippen molar-refractivity contribution in [1.29, 1.82) is 0 Å². The first-order chi connectivity index (χ1) is 16.5. The highest BCUT2D eigenvalue weighted by Gasteiger charge is 2.21. The van der Waals surface area contributed by atoms with Gasteiger partial charge in [-0.15, -0.1) is 0 Å². The van der Waals surface area contributed by atoms with E-state index in [1.165, 1.54) is 90.1 Å². The predicted molar refractivity (Wildman–Crippen MR) is 148 cm³/mol. The van der Waals surface area contributed by atoms with E-state index in [1.807, 2.05) is 0 Å². The van der Waals surface area contributed by atoms with Crippen LogP contribution in [0.4, 0.5) is 0 Å². The van der Waals surface area contributed by atoms with Crippen LogP contribution in [-0.2, 0) is 0 Å². The second-order valence-electron chi connectivity index (χ2n) is 11.5. The highest BCUT2D eigenvalue weighted by molar-refractivity contribution is 5.24. The first-order valence-corrected chi connectivity index (χ1v) is 14.8. The van der Waals surface area contributed by atoms with Crippen molar-refractivity contribution in [2.45, 2.75) is 110 Å². The van der Waals surface area contributed by atoms with Crippen molar-refractivity contribution in [1.82, 2.24) is 14.7 Å². The van der Waals surface area contributed by atoms with Crippen molar-refractivity contribution >= 4 is 6.72 Å². The van der Waals surface area contributed by atoms with Crippen molar-refractivity contribution in [3.63, 3.8) is 0 Å². The Labute approximate surface area is 212 Å². The fraction of sp³-hybridized carbons (Fsp3) is 0.966. The van der Waals surface area contributed by atoms with Crippen LogP contribution in [0.25, 0.3) is 0 Å². The highest BCUT2D eigenvalue weighted by atomic mass is 16.3. The third kappa shape index (κ3) is 12.5.